The normalized spacial score (nSPS) is 23.5. The Kier molecular flexibility index (Phi) is 4.95. The van der Waals surface area contributed by atoms with Crippen molar-refractivity contribution in [3.8, 4) is 6.07 Å². The number of carbonyl (C=O) groups is 1. The van der Waals surface area contributed by atoms with Crippen molar-refractivity contribution in [2.45, 2.75) is 33.1 Å². The average molecular weight is 238 g/mol. The summed E-state index contributed by atoms with van der Waals surface area (Å²) in [5.41, 5.74) is -0.885. The van der Waals surface area contributed by atoms with Crippen molar-refractivity contribution in [1.82, 2.24) is 4.90 Å². The predicted octanol–water partition coefficient (Wildman–Crippen LogP) is 1.81. The highest BCUT2D eigenvalue weighted by Gasteiger charge is 2.34. The summed E-state index contributed by atoms with van der Waals surface area (Å²) in [6.45, 7) is 5.84. The van der Waals surface area contributed by atoms with Gasteiger partial charge in [0.2, 0.25) is 5.91 Å². The Morgan fingerprint density at radius 3 is 2.82 bits per heavy atom. The van der Waals surface area contributed by atoms with E-state index in [-0.39, 0.29) is 5.91 Å². The minimum atomic E-state index is -0.885. The number of hydrogen-bond acceptors (Lipinski definition) is 3. The van der Waals surface area contributed by atoms with Crippen LogP contribution < -0.4 is 0 Å². The second-order valence-corrected chi connectivity index (χ2v) is 5.07. The van der Waals surface area contributed by atoms with Crippen molar-refractivity contribution in [2.75, 3.05) is 26.8 Å². The van der Waals surface area contributed by atoms with Crippen LogP contribution in [-0.4, -0.2) is 37.6 Å². The number of carbonyl (C=O) groups excluding carboxylic acids is 1. The lowest BCUT2D eigenvalue weighted by Crippen LogP contribution is -2.42. The topological polar surface area (TPSA) is 53.3 Å². The Bertz CT molecular complexity index is 305. The molecule has 0 bridgehead atoms. The number of nitriles is 1. The minimum absolute atomic E-state index is 0.0759. The van der Waals surface area contributed by atoms with Crippen molar-refractivity contribution in [3.63, 3.8) is 0 Å². The Hall–Kier alpha value is -1.08. The quantitative estimate of drug-likeness (QED) is 0.750. The Labute approximate surface area is 104 Å². The van der Waals surface area contributed by atoms with Crippen LogP contribution in [0, 0.1) is 22.7 Å². The summed E-state index contributed by atoms with van der Waals surface area (Å²) in [4.78, 5) is 13.8. The highest BCUT2D eigenvalue weighted by Crippen LogP contribution is 2.24. The van der Waals surface area contributed by atoms with Gasteiger partial charge in [0.25, 0.3) is 0 Å². The molecule has 17 heavy (non-hydrogen) atoms. The van der Waals surface area contributed by atoms with Crippen LogP contribution in [0.5, 0.6) is 0 Å². The van der Waals surface area contributed by atoms with Gasteiger partial charge >= 0.3 is 0 Å². The van der Waals surface area contributed by atoms with Crippen molar-refractivity contribution in [3.05, 3.63) is 0 Å². The van der Waals surface area contributed by atoms with Gasteiger partial charge in [0.05, 0.1) is 12.7 Å². The maximum absolute atomic E-state index is 12.2. The summed E-state index contributed by atoms with van der Waals surface area (Å²) >= 11 is 0. The lowest BCUT2D eigenvalue weighted by atomic mass is 9.87. The zero-order chi connectivity index (χ0) is 12.9. The van der Waals surface area contributed by atoms with Crippen LogP contribution in [0.3, 0.4) is 0 Å². The fraction of sp³-hybridized carbons (Fsp3) is 0.846. The van der Waals surface area contributed by atoms with E-state index in [2.05, 4.69) is 6.07 Å². The molecule has 2 unspecified atom stereocenters. The lowest BCUT2D eigenvalue weighted by Gasteiger charge is -2.31. The van der Waals surface area contributed by atoms with E-state index in [0.717, 1.165) is 26.1 Å². The minimum Gasteiger partial charge on any atom is -0.381 e. The summed E-state index contributed by atoms with van der Waals surface area (Å²) in [6.07, 6.45) is 2.72. The van der Waals surface area contributed by atoms with Gasteiger partial charge in [0.1, 0.15) is 5.41 Å². The SMILES string of the molecule is CCC(C)(C#N)C(=O)N(C)CC1CCCOC1. The molecule has 1 amide bonds. The first-order valence-corrected chi connectivity index (χ1v) is 6.28. The molecule has 0 N–H and O–H groups in total. The molecule has 1 heterocycles. The van der Waals surface area contributed by atoms with Crippen LogP contribution in [-0.2, 0) is 9.53 Å². The van der Waals surface area contributed by atoms with E-state index in [1.807, 2.05) is 6.92 Å². The molecule has 2 atom stereocenters. The first-order valence-electron chi connectivity index (χ1n) is 6.28. The van der Waals surface area contributed by atoms with E-state index in [1.165, 1.54) is 0 Å². The third-order valence-corrected chi connectivity index (χ3v) is 3.56. The van der Waals surface area contributed by atoms with Crippen LogP contribution in [0.25, 0.3) is 0 Å². The number of amides is 1. The fourth-order valence-corrected chi connectivity index (χ4v) is 2.12. The second-order valence-electron chi connectivity index (χ2n) is 5.07. The first kappa shape index (κ1) is 14.0. The Balaban J connectivity index is 2.54. The lowest BCUT2D eigenvalue weighted by molar-refractivity contribution is -0.138. The van der Waals surface area contributed by atoms with Gasteiger partial charge in [0.15, 0.2) is 0 Å². The Morgan fingerprint density at radius 2 is 2.35 bits per heavy atom. The van der Waals surface area contributed by atoms with E-state index >= 15 is 0 Å². The first-order chi connectivity index (χ1) is 8.03. The van der Waals surface area contributed by atoms with Gasteiger partial charge in [0, 0.05) is 20.2 Å². The summed E-state index contributed by atoms with van der Waals surface area (Å²) < 4.78 is 5.40. The van der Waals surface area contributed by atoms with Crippen LogP contribution in [0.2, 0.25) is 0 Å². The van der Waals surface area contributed by atoms with Gasteiger partial charge in [-0.15, -0.1) is 0 Å². The van der Waals surface area contributed by atoms with Crippen LogP contribution in [0.15, 0.2) is 0 Å². The zero-order valence-electron chi connectivity index (χ0n) is 11.0. The molecule has 1 saturated heterocycles. The van der Waals surface area contributed by atoms with Crippen LogP contribution >= 0.6 is 0 Å². The second kappa shape index (κ2) is 6.02. The highest BCUT2D eigenvalue weighted by molar-refractivity contribution is 5.84. The molecule has 96 valence electrons. The van der Waals surface area contributed by atoms with Gasteiger partial charge in [-0.1, -0.05) is 6.92 Å². The monoisotopic (exact) mass is 238 g/mol. The van der Waals surface area contributed by atoms with Gasteiger partial charge in [-0.25, -0.2) is 0 Å². The van der Waals surface area contributed by atoms with E-state index in [9.17, 15) is 4.79 Å². The van der Waals surface area contributed by atoms with Crippen LogP contribution in [0.1, 0.15) is 33.1 Å². The van der Waals surface area contributed by atoms with E-state index in [4.69, 9.17) is 10.00 Å². The van der Waals surface area contributed by atoms with Gasteiger partial charge in [-0.2, -0.15) is 5.26 Å². The number of nitrogens with zero attached hydrogens (tertiary/aromatic N) is 2. The number of ether oxygens (including phenoxy) is 1. The maximum atomic E-state index is 12.2. The summed E-state index contributed by atoms with van der Waals surface area (Å²) in [5.74, 6) is 0.338. The summed E-state index contributed by atoms with van der Waals surface area (Å²) in [6, 6.07) is 2.12. The molecule has 4 heteroatoms. The van der Waals surface area contributed by atoms with Crippen molar-refractivity contribution >= 4 is 5.91 Å². The molecule has 1 fully saturated rings. The third kappa shape index (κ3) is 3.44. The van der Waals surface area contributed by atoms with Gasteiger partial charge in [-0.05, 0) is 32.1 Å². The average Bonchev–Trinajstić information content (AvgIpc) is 2.38. The molecule has 4 nitrogen and oxygen atoms in total. The summed E-state index contributed by atoms with van der Waals surface area (Å²) in [5, 5.41) is 9.09. The molecule has 0 aromatic carbocycles. The van der Waals surface area contributed by atoms with E-state index in [0.29, 0.717) is 18.9 Å². The summed E-state index contributed by atoms with van der Waals surface area (Å²) in [7, 11) is 1.78. The Morgan fingerprint density at radius 1 is 1.65 bits per heavy atom. The van der Waals surface area contributed by atoms with E-state index < -0.39 is 5.41 Å². The largest absolute Gasteiger partial charge is 0.381 e. The smallest absolute Gasteiger partial charge is 0.242 e. The maximum Gasteiger partial charge on any atom is 0.242 e. The molecule has 0 radical (unpaired) electrons. The molecular formula is C13H22N2O2. The molecule has 0 saturated carbocycles. The van der Waals surface area contributed by atoms with Crippen molar-refractivity contribution < 1.29 is 9.53 Å². The molecule has 0 aromatic heterocycles. The predicted molar refractivity (Wildman–Crippen MR) is 65.2 cm³/mol. The van der Waals surface area contributed by atoms with Crippen LogP contribution in [0.4, 0.5) is 0 Å². The molecule has 0 spiro atoms. The molecular weight excluding hydrogens is 216 g/mol. The number of hydrogen-bond donors (Lipinski definition) is 0. The third-order valence-electron chi connectivity index (χ3n) is 3.56. The highest BCUT2D eigenvalue weighted by atomic mass is 16.5. The van der Waals surface area contributed by atoms with Crippen molar-refractivity contribution in [2.24, 2.45) is 11.3 Å². The zero-order valence-corrected chi connectivity index (χ0v) is 11.0. The molecule has 1 rings (SSSR count). The van der Waals surface area contributed by atoms with Crippen molar-refractivity contribution in [1.29, 1.82) is 5.26 Å². The number of rotatable bonds is 4. The standard InChI is InChI=1S/C13H22N2O2/c1-4-13(2,10-14)12(16)15(3)8-11-6-5-7-17-9-11/h11H,4-9H2,1-3H3. The molecule has 0 aliphatic carbocycles. The van der Waals surface area contributed by atoms with E-state index in [1.54, 1.807) is 18.9 Å². The molecule has 0 aromatic rings. The fourth-order valence-electron chi connectivity index (χ4n) is 2.12. The molecule has 1 aliphatic heterocycles. The van der Waals surface area contributed by atoms with Gasteiger partial charge < -0.3 is 9.64 Å². The molecule has 1 aliphatic rings. The van der Waals surface area contributed by atoms with Gasteiger partial charge in [-0.3, -0.25) is 4.79 Å².